The maximum atomic E-state index is 6.34. The van der Waals surface area contributed by atoms with Gasteiger partial charge in [-0.2, -0.15) is 0 Å². The van der Waals surface area contributed by atoms with Crippen molar-refractivity contribution in [1.82, 2.24) is 14.7 Å². The molecule has 0 saturated carbocycles. The second-order valence-corrected chi connectivity index (χ2v) is 6.39. The summed E-state index contributed by atoms with van der Waals surface area (Å²) in [6, 6.07) is 14.3. The standard InChI is InChI=1S/C20H21N5O/c1-12-18(13(2)26-24-12)15-9-16(21)19-17(10-15)25(20(22-3)23-19)11-14-7-5-4-6-8-14/h4-10H,11,21H2,1-3H3,(H,22,23). The molecule has 0 amide bonds. The molecule has 132 valence electrons. The minimum atomic E-state index is 0.640. The van der Waals surface area contributed by atoms with Crippen LogP contribution in [0.2, 0.25) is 0 Å². The van der Waals surface area contributed by atoms with Crippen LogP contribution >= 0.6 is 0 Å². The third kappa shape index (κ3) is 2.60. The van der Waals surface area contributed by atoms with Crippen molar-refractivity contribution in [3.8, 4) is 11.1 Å². The molecule has 0 aliphatic rings. The van der Waals surface area contributed by atoms with E-state index in [2.05, 4.69) is 38.2 Å². The number of aryl methyl sites for hydroxylation is 2. The number of fused-ring (bicyclic) bond motifs is 1. The third-order valence-corrected chi connectivity index (χ3v) is 4.61. The number of nitrogens with two attached hydrogens (primary N) is 1. The van der Waals surface area contributed by atoms with Gasteiger partial charge in [0.2, 0.25) is 5.95 Å². The van der Waals surface area contributed by atoms with E-state index in [1.54, 1.807) is 0 Å². The highest BCUT2D eigenvalue weighted by Gasteiger charge is 2.18. The highest BCUT2D eigenvalue weighted by molar-refractivity contribution is 5.94. The molecule has 6 heteroatoms. The van der Waals surface area contributed by atoms with Crippen LogP contribution in [0, 0.1) is 13.8 Å². The summed E-state index contributed by atoms with van der Waals surface area (Å²) in [5, 5.41) is 7.24. The van der Waals surface area contributed by atoms with Gasteiger partial charge in [-0.05, 0) is 37.1 Å². The zero-order valence-electron chi connectivity index (χ0n) is 15.1. The van der Waals surface area contributed by atoms with Gasteiger partial charge in [0.25, 0.3) is 0 Å². The molecule has 0 saturated heterocycles. The summed E-state index contributed by atoms with van der Waals surface area (Å²) in [6.07, 6.45) is 0. The van der Waals surface area contributed by atoms with E-state index >= 15 is 0 Å². The highest BCUT2D eigenvalue weighted by Crippen LogP contribution is 2.34. The van der Waals surface area contributed by atoms with Crippen molar-refractivity contribution >= 4 is 22.7 Å². The topological polar surface area (TPSA) is 81.9 Å². The van der Waals surface area contributed by atoms with Crippen molar-refractivity contribution in [1.29, 1.82) is 0 Å². The molecule has 2 heterocycles. The Bertz CT molecular complexity index is 1060. The van der Waals surface area contributed by atoms with Gasteiger partial charge in [-0.1, -0.05) is 35.5 Å². The van der Waals surface area contributed by atoms with Crippen LogP contribution in [0.3, 0.4) is 0 Å². The number of nitrogens with zero attached hydrogens (tertiary/aromatic N) is 3. The molecule has 0 aliphatic heterocycles. The Morgan fingerprint density at radius 1 is 1.15 bits per heavy atom. The zero-order chi connectivity index (χ0) is 18.3. The number of hydrogen-bond acceptors (Lipinski definition) is 5. The SMILES string of the molecule is CNc1nc2c(N)cc(-c3c(C)noc3C)cc2n1Cc1ccccc1. The molecule has 0 radical (unpaired) electrons. The van der Waals surface area contributed by atoms with Crippen molar-refractivity contribution in [3.63, 3.8) is 0 Å². The van der Waals surface area contributed by atoms with Crippen LogP contribution in [0.1, 0.15) is 17.0 Å². The summed E-state index contributed by atoms with van der Waals surface area (Å²) in [7, 11) is 1.87. The monoisotopic (exact) mass is 347 g/mol. The van der Waals surface area contributed by atoms with Crippen molar-refractivity contribution in [2.45, 2.75) is 20.4 Å². The molecular formula is C20H21N5O. The number of nitrogens with one attached hydrogen (secondary N) is 1. The van der Waals surface area contributed by atoms with Gasteiger partial charge in [0.1, 0.15) is 11.3 Å². The molecule has 3 N–H and O–H groups in total. The van der Waals surface area contributed by atoms with Crippen molar-refractivity contribution < 1.29 is 4.52 Å². The fraction of sp³-hybridized carbons (Fsp3) is 0.200. The van der Waals surface area contributed by atoms with Gasteiger partial charge in [-0.15, -0.1) is 0 Å². The summed E-state index contributed by atoms with van der Waals surface area (Å²) in [4.78, 5) is 4.68. The van der Waals surface area contributed by atoms with Gasteiger partial charge >= 0.3 is 0 Å². The zero-order valence-corrected chi connectivity index (χ0v) is 15.1. The normalized spacial score (nSPS) is 11.2. The average molecular weight is 347 g/mol. The molecule has 0 fully saturated rings. The molecule has 6 nitrogen and oxygen atoms in total. The molecule has 0 spiro atoms. The van der Waals surface area contributed by atoms with Gasteiger partial charge in [0.05, 0.1) is 23.4 Å². The van der Waals surface area contributed by atoms with Crippen molar-refractivity contribution in [2.75, 3.05) is 18.1 Å². The Labute approximate surface area is 151 Å². The first-order valence-corrected chi connectivity index (χ1v) is 8.53. The van der Waals surface area contributed by atoms with Gasteiger partial charge in [0.15, 0.2) is 0 Å². The predicted octanol–water partition coefficient (Wildman–Crippen LogP) is 3.98. The van der Waals surface area contributed by atoms with Crippen LogP contribution in [-0.4, -0.2) is 21.8 Å². The number of imidazole rings is 1. The number of rotatable bonds is 4. The van der Waals surface area contributed by atoms with E-state index in [1.165, 1.54) is 5.56 Å². The maximum Gasteiger partial charge on any atom is 0.204 e. The number of nitrogen functional groups attached to an aromatic ring is 1. The van der Waals surface area contributed by atoms with Gasteiger partial charge in [-0.25, -0.2) is 4.98 Å². The van der Waals surface area contributed by atoms with Crippen LogP contribution in [0.15, 0.2) is 47.0 Å². The van der Waals surface area contributed by atoms with Crippen LogP contribution in [-0.2, 0) is 6.54 Å². The van der Waals surface area contributed by atoms with E-state index in [9.17, 15) is 0 Å². The molecule has 0 bridgehead atoms. The summed E-state index contributed by atoms with van der Waals surface area (Å²) < 4.78 is 7.47. The Balaban J connectivity index is 1.93. The third-order valence-electron chi connectivity index (χ3n) is 4.61. The van der Waals surface area contributed by atoms with Gasteiger partial charge in [-0.3, -0.25) is 0 Å². The summed E-state index contributed by atoms with van der Waals surface area (Å²) in [5.74, 6) is 1.57. The minimum Gasteiger partial charge on any atom is -0.397 e. The minimum absolute atomic E-state index is 0.640. The lowest BCUT2D eigenvalue weighted by Crippen LogP contribution is -2.05. The number of anilines is 2. The quantitative estimate of drug-likeness (QED) is 0.546. The molecule has 0 aliphatic carbocycles. The van der Waals surface area contributed by atoms with Crippen molar-refractivity contribution in [3.05, 3.63) is 59.5 Å². The summed E-state index contributed by atoms with van der Waals surface area (Å²) in [6.45, 7) is 4.56. The first-order chi connectivity index (χ1) is 12.6. The van der Waals surface area contributed by atoms with Crippen LogP contribution in [0.25, 0.3) is 22.2 Å². The van der Waals surface area contributed by atoms with E-state index in [0.29, 0.717) is 12.2 Å². The number of benzene rings is 2. The van der Waals surface area contributed by atoms with Crippen LogP contribution in [0.5, 0.6) is 0 Å². The summed E-state index contributed by atoms with van der Waals surface area (Å²) >= 11 is 0. The Morgan fingerprint density at radius 3 is 2.58 bits per heavy atom. The fourth-order valence-corrected chi connectivity index (χ4v) is 3.41. The van der Waals surface area contributed by atoms with E-state index < -0.39 is 0 Å². The lowest BCUT2D eigenvalue weighted by Gasteiger charge is -2.10. The number of aromatic nitrogens is 3. The Hall–Kier alpha value is -3.28. The van der Waals surface area contributed by atoms with E-state index in [-0.39, 0.29) is 0 Å². The molecule has 0 unspecified atom stereocenters. The second kappa shape index (κ2) is 6.22. The smallest absolute Gasteiger partial charge is 0.204 e. The van der Waals surface area contributed by atoms with Crippen LogP contribution in [0.4, 0.5) is 11.6 Å². The molecule has 0 atom stereocenters. The summed E-state index contributed by atoms with van der Waals surface area (Å²) in [5.41, 5.74) is 12.8. The van der Waals surface area contributed by atoms with Crippen molar-refractivity contribution in [2.24, 2.45) is 0 Å². The Morgan fingerprint density at radius 2 is 1.92 bits per heavy atom. The highest BCUT2D eigenvalue weighted by atomic mass is 16.5. The molecule has 4 rings (SSSR count). The first-order valence-electron chi connectivity index (χ1n) is 8.53. The lowest BCUT2D eigenvalue weighted by molar-refractivity contribution is 0.393. The molecule has 4 aromatic rings. The van der Waals surface area contributed by atoms with Gasteiger partial charge in [0, 0.05) is 12.6 Å². The molecule has 26 heavy (non-hydrogen) atoms. The molecular weight excluding hydrogens is 326 g/mol. The first kappa shape index (κ1) is 16.2. The average Bonchev–Trinajstić information content (AvgIpc) is 3.16. The van der Waals surface area contributed by atoms with Gasteiger partial charge < -0.3 is 20.1 Å². The lowest BCUT2D eigenvalue weighted by atomic mass is 10.0. The molecule has 2 aromatic carbocycles. The van der Waals surface area contributed by atoms with E-state index in [4.69, 9.17) is 10.3 Å². The van der Waals surface area contributed by atoms with Crippen LogP contribution < -0.4 is 11.1 Å². The predicted molar refractivity (Wildman–Crippen MR) is 104 cm³/mol. The molecule has 2 aromatic heterocycles. The Kier molecular flexibility index (Phi) is 3.88. The largest absolute Gasteiger partial charge is 0.397 e. The second-order valence-electron chi connectivity index (χ2n) is 6.39. The fourth-order valence-electron chi connectivity index (χ4n) is 3.41. The van der Waals surface area contributed by atoms with E-state index in [0.717, 1.165) is 39.6 Å². The number of hydrogen-bond donors (Lipinski definition) is 2. The van der Waals surface area contributed by atoms with E-state index in [1.807, 2.05) is 45.2 Å². The maximum absolute atomic E-state index is 6.34.